The number of nitrogens with one attached hydrogen (secondary N) is 1. The van der Waals surface area contributed by atoms with Gasteiger partial charge >= 0.3 is 10.2 Å². The molecule has 0 atom stereocenters. The quantitative estimate of drug-likeness (QED) is 0.785. The summed E-state index contributed by atoms with van der Waals surface area (Å²) in [5.74, 6) is 0.557. The minimum absolute atomic E-state index is 0.284. The highest BCUT2D eigenvalue weighted by Crippen LogP contribution is 2.12. The molecule has 0 bridgehead atoms. The minimum atomic E-state index is -3.45. The fourth-order valence-electron chi connectivity index (χ4n) is 0.540. The van der Waals surface area contributed by atoms with Crippen LogP contribution in [0.1, 0.15) is 5.82 Å². The third-order valence-corrected chi connectivity index (χ3v) is 3.49. The van der Waals surface area contributed by atoms with Crippen LogP contribution < -0.4 is 4.72 Å². The zero-order chi connectivity index (χ0) is 10.1. The van der Waals surface area contributed by atoms with Crippen molar-refractivity contribution in [2.75, 3.05) is 18.8 Å². The molecule has 0 radical (unpaired) electrons. The first-order valence-electron chi connectivity index (χ1n) is 3.42. The highest BCUT2D eigenvalue weighted by atomic mass is 32.2. The number of rotatable bonds is 3. The van der Waals surface area contributed by atoms with E-state index in [0.29, 0.717) is 5.82 Å². The molecule has 6 nitrogen and oxygen atoms in total. The molecule has 1 aromatic heterocycles. The molecule has 1 heterocycles. The monoisotopic (exact) mass is 222 g/mol. The fraction of sp³-hybridized carbons (Fsp3) is 0.600. The summed E-state index contributed by atoms with van der Waals surface area (Å²) in [5, 5.41) is 0.284. The summed E-state index contributed by atoms with van der Waals surface area (Å²) in [6.07, 6.45) is 0. The number of anilines is 1. The molecule has 0 aliphatic carbocycles. The van der Waals surface area contributed by atoms with Crippen LogP contribution in [0.5, 0.6) is 0 Å². The molecule has 8 heteroatoms. The van der Waals surface area contributed by atoms with Crippen LogP contribution in [0.3, 0.4) is 0 Å². The Morgan fingerprint density at radius 2 is 2.08 bits per heavy atom. The van der Waals surface area contributed by atoms with E-state index in [1.54, 1.807) is 6.92 Å². The third-order valence-electron chi connectivity index (χ3n) is 1.22. The molecule has 0 fully saturated rings. The Hall–Kier alpha value is -0.730. The van der Waals surface area contributed by atoms with E-state index in [1.807, 2.05) is 0 Å². The Balaban J connectivity index is 2.81. The molecule has 0 aliphatic heterocycles. The van der Waals surface area contributed by atoms with Crippen molar-refractivity contribution in [1.82, 2.24) is 13.7 Å². The number of hydrogen-bond donors (Lipinski definition) is 1. The van der Waals surface area contributed by atoms with Crippen molar-refractivity contribution in [3.8, 4) is 0 Å². The smallest absolute Gasteiger partial charge is 0.245 e. The molecule has 0 saturated carbocycles. The van der Waals surface area contributed by atoms with Gasteiger partial charge in [0, 0.05) is 25.6 Å². The van der Waals surface area contributed by atoms with Crippen molar-refractivity contribution in [2.24, 2.45) is 0 Å². The van der Waals surface area contributed by atoms with E-state index in [4.69, 9.17) is 0 Å². The molecule has 0 aromatic carbocycles. The maximum absolute atomic E-state index is 11.3. The Morgan fingerprint density at radius 3 is 2.46 bits per heavy atom. The largest absolute Gasteiger partial charge is 0.302 e. The van der Waals surface area contributed by atoms with Gasteiger partial charge in [-0.15, -0.1) is 0 Å². The highest BCUT2D eigenvalue weighted by molar-refractivity contribution is 7.90. The van der Waals surface area contributed by atoms with Gasteiger partial charge in [0.1, 0.15) is 5.82 Å². The third kappa shape index (κ3) is 2.61. The average molecular weight is 222 g/mol. The molecular formula is C5H10N4O2S2. The summed E-state index contributed by atoms with van der Waals surface area (Å²) in [4.78, 5) is 3.87. The lowest BCUT2D eigenvalue weighted by atomic mass is 10.8. The zero-order valence-corrected chi connectivity index (χ0v) is 9.11. The Labute approximate surface area is 81.0 Å². The number of nitrogens with zero attached hydrogens (tertiary/aromatic N) is 3. The SMILES string of the molecule is Cc1nsc(NS(=O)(=O)N(C)C)n1. The number of aromatic nitrogens is 2. The van der Waals surface area contributed by atoms with Gasteiger partial charge in [-0.25, -0.2) is 9.71 Å². The molecule has 1 N–H and O–H groups in total. The average Bonchev–Trinajstić information content (AvgIpc) is 2.34. The number of hydrogen-bond acceptors (Lipinski definition) is 5. The standard InChI is InChI=1S/C5H10N4O2S2/c1-4-6-5(12-7-4)8-13(10,11)9(2)3/h1-3H3,(H,6,7,8). The molecular weight excluding hydrogens is 212 g/mol. The van der Waals surface area contributed by atoms with Gasteiger partial charge in [0.05, 0.1) is 0 Å². The van der Waals surface area contributed by atoms with E-state index < -0.39 is 10.2 Å². The van der Waals surface area contributed by atoms with E-state index in [0.717, 1.165) is 15.8 Å². The first kappa shape index (κ1) is 10.4. The number of aryl methyl sites for hydroxylation is 1. The Morgan fingerprint density at radius 1 is 1.46 bits per heavy atom. The van der Waals surface area contributed by atoms with Gasteiger partial charge in [0.2, 0.25) is 5.13 Å². The van der Waals surface area contributed by atoms with Crippen LogP contribution in [0.2, 0.25) is 0 Å². The first-order chi connectivity index (χ1) is 5.92. The van der Waals surface area contributed by atoms with Crippen LogP contribution >= 0.6 is 11.5 Å². The minimum Gasteiger partial charge on any atom is -0.245 e. The van der Waals surface area contributed by atoms with Gasteiger partial charge in [0.25, 0.3) is 0 Å². The molecule has 0 unspecified atom stereocenters. The van der Waals surface area contributed by atoms with E-state index >= 15 is 0 Å². The predicted octanol–water partition coefficient (Wildman–Crippen LogP) is 0.0648. The van der Waals surface area contributed by atoms with Gasteiger partial charge in [-0.2, -0.15) is 17.1 Å². The maximum Gasteiger partial charge on any atom is 0.302 e. The van der Waals surface area contributed by atoms with Crippen LogP contribution in [0.4, 0.5) is 5.13 Å². The highest BCUT2D eigenvalue weighted by Gasteiger charge is 2.14. The first-order valence-corrected chi connectivity index (χ1v) is 5.64. The van der Waals surface area contributed by atoms with Crippen LogP contribution in [0, 0.1) is 6.92 Å². The van der Waals surface area contributed by atoms with Crippen LogP contribution in [-0.4, -0.2) is 36.2 Å². The summed E-state index contributed by atoms with van der Waals surface area (Å²) in [6.45, 7) is 1.70. The summed E-state index contributed by atoms with van der Waals surface area (Å²) in [5.41, 5.74) is 0. The Bertz CT molecular complexity index is 383. The topological polar surface area (TPSA) is 75.2 Å². The summed E-state index contributed by atoms with van der Waals surface area (Å²) >= 11 is 1.02. The van der Waals surface area contributed by atoms with Gasteiger partial charge in [-0.1, -0.05) is 0 Å². The van der Waals surface area contributed by atoms with Gasteiger partial charge in [-0.3, -0.25) is 0 Å². The van der Waals surface area contributed by atoms with Crippen molar-refractivity contribution in [2.45, 2.75) is 6.92 Å². The molecule has 0 saturated heterocycles. The van der Waals surface area contributed by atoms with E-state index in [1.165, 1.54) is 14.1 Å². The predicted molar refractivity (Wildman–Crippen MR) is 50.9 cm³/mol. The zero-order valence-electron chi connectivity index (χ0n) is 7.47. The van der Waals surface area contributed by atoms with Crippen molar-refractivity contribution < 1.29 is 8.42 Å². The summed E-state index contributed by atoms with van der Waals surface area (Å²) in [7, 11) is -0.565. The maximum atomic E-state index is 11.3. The lowest BCUT2D eigenvalue weighted by Crippen LogP contribution is -2.28. The van der Waals surface area contributed by atoms with Crippen molar-refractivity contribution >= 4 is 26.9 Å². The van der Waals surface area contributed by atoms with Crippen molar-refractivity contribution in [1.29, 1.82) is 0 Å². The van der Waals surface area contributed by atoms with Crippen LogP contribution in [0.15, 0.2) is 0 Å². The molecule has 0 spiro atoms. The lowest BCUT2D eigenvalue weighted by molar-refractivity contribution is 0.527. The molecule has 0 amide bonds. The Kier molecular flexibility index (Phi) is 2.84. The van der Waals surface area contributed by atoms with E-state index in [2.05, 4.69) is 14.1 Å². The van der Waals surface area contributed by atoms with Gasteiger partial charge in [0.15, 0.2) is 0 Å². The van der Waals surface area contributed by atoms with E-state index in [9.17, 15) is 8.42 Å². The van der Waals surface area contributed by atoms with Crippen molar-refractivity contribution in [3.05, 3.63) is 5.82 Å². The second-order valence-corrected chi connectivity index (χ2v) is 5.17. The second-order valence-electron chi connectivity index (χ2n) is 2.54. The normalized spacial score (nSPS) is 12.0. The fourth-order valence-corrected chi connectivity index (χ4v) is 1.89. The van der Waals surface area contributed by atoms with Gasteiger partial charge < -0.3 is 0 Å². The van der Waals surface area contributed by atoms with E-state index in [-0.39, 0.29) is 5.13 Å². The molecule has 0 aliphatic rings. The van der Waals surface area contributed by atoms with Crippen LogP contribution in [0.25, 0.3) is 0 Å². The van der Waals surface area contributed by atoms with Crippen LogP contribution in [-0.2, 0) is 10.2 Å². The second kappa shape index (κ2) is 3.56. The molecule has 13 heavy (non-hydrogen) atoms. The lowest BCUT2D eigenvalue weighted by Gasteiger charge is -2.10. The molecule has 1 rings (SSSR count). The van der Waals surface area contributed by atoms with Gasteiger partial charge in [-0.05, 0) is 6.92 Å². The summed E-state index contributed by atoms with van der Waals surface area (Å²) < 4.78 is 29.7. The molecule has 74 valence electrons. The molecule has 1 aromatic rings. The summed E-state index contributed by atoms with van der Waals surface area (Å²) in [6, 6.07) is 0. The van der Waals surface area contributed by atoms with Crippen molar-refractivity contribution in [3.63, 3.8) is 0 Å².